The topological polar surface area (TPSA) is 55.1 Å². The van der Waals surface area contributed by atoms with Crippen LogP contribution in [0.15, 0.2) is 32.8 Å². The Morgan fingerprint density at radius 2 is 2.39 bits per heavy atom. The normalized spacial score (nSPS) is 14.2. The highest BCUT2D eigenvalue weighted by Gasteiger charge is 2.30. The SMILES string of the molecule is CCC(C)(NC(=O)c1ccc(Br)o1)c1nccs1. The molecule has 0 aliphatic heterocycles. The summed E-state index contributed by atoms with van der Waals surface area (Å²) in [6.45, 7) is 3.97. The predicted octanol–water partition coefficient (Wildman–Crippen LogP) is 3.55. The van der Waals surface area contributed by atoms with E-state index in [2.05, 4.69) is 26.2 Å². The van der Waals surface area contributed by atoms with E-state index >= 15 is 0 Å². The Morgan fingerprint density at radius 1 is 1.61 bits per heavy atom. The summed E-state index contributed by atoms with van der Waals surface area (Å²) in [4.78, 5) is 16.4. The number of nitrogens with one attached hydrogen (secondary N) is 1. The van der Waals surface area contributed by atoms with Crippen LogP contribution in [-0.4, -0.2) is 10.9 Å². The maximum Gasteiger partial charge on any atom is 0.287 e. The molecule has 0 saturated carbocycles. The van der Waals surface area contributed by atoms with Crippen LogP contribution in [0.4, 0.5) is 0 Å². The van der Waals surface area contributed by atoms with Crippen molar-refractivity contribution in [2.45, 2.75) is 25.8 Å². The van der Waals surface area contributed by atoms with Gasteiger partial charge in [0.15, 0.2) is 10.4 Å². The molecule has 1 amide bonds. The molecule has 2 rings (SSSR count). The van der Waals surface area contributed by atoms with Crippen LogP contribution < -0.4 is 5.32 Å². The van der Waals surface area contributed by atoms with Crippen molar-refractivity contribution in [3.05, 3.63) is 39.1 Å². The van der Waals surface area contributed by atoms with E-state index in [1.54, 1.807) is 18.3 Å². The number of hydrogen-bond acceptors (Lipinski definition) is 4. The Bertz CT molecular complexity index is 538. The van der Waals surface area contributed by atoms with Crippen molar-refractivity contribution in [3.63, 3.8) is 0 Å². The van der Waals surface area contributed by atoms with Crippen LogP contribution in [0.5, 0.6) is 0 Å². The van der Waals surface area contributed by atoms with Gasteiger partial charge in [-0.05, 0) is 41.4 Å². The van der Waals surface area contributed by atoms with Crippen LogP contribution >= 0.6 is 27.3 Å². The zero-order valence-corrected chi connectivity index (χ0v) is 12.5. The number of furan rings is 1. The van der Waals surface area contributed by atoms with E-state index < -0.39 is 5.54 Å². The van der Waals surface area contributed by atoms with Gasteiger partial charge >= 0.3 is 0 Å². The minimum absolute atomic E-state index is 0.236. The molecule has 2 aromatic rings. The first-order valence-electron chi connectivity index (χ1n) is 5.53. The van der Waals surface area contributed by atoms with Crippen molar-refractivity contribution < 1.29 is 9.21 Å². The van der Waals surface area contributed by atoms with Crippen LogP contribution in [0, 0.1) is 0 Å². The second-order valence-electron chi connectivity index (χ2n) is 4.08. The first-order chi connectivity index (χ1) is 8.55. The highest BCUT2D eigenvalue weighted by Crippen LogP contribution is 2.27. The number of carbonyl (C=O) groups is 1. The molecule has 1 N–H and O–H groups in total. The lowest BCUT2D eigenvalue weighted by Gasteiger charge is -2.26. The number of thiazole rings is 1. The molecule has 0 spiro atoms. The van der Waals surface area contributed by atoms with Crippen molar-refractivity contribution in [3.8, 4) is 0 Å². The van der Waals surface area contributed by atoms with Crippen LogP contribution in [0.1, 0.15) is 35.8 Å². The molecular formula is C12H13BrN2O2S. The van der Waals surface area contributed by atoms with Gasteiger partial charge < -0.3 is 9.73 Å². The van der Waals surface area contributed by atoms with Gasteiger partial charge in [0.05, 0.1) is 5.54 Å². The summed E-state index contributed by atoms with van der Waals surface area (Å²) in [5, 5.41) is 5.76. The first-order valence-corrected chi connectivity index (χ1v) is 7.20. The zero-order valence-electron chi connectivity index (χ0n) is 10.1. The second kappa shape index (κ2) is 5.24. The fraction of sp³-hybridized carbons (Fsp3) is 0.333. The summed E-state index contributed by atoms with van der Waals surface area (Å²) in [5.74, 6) is 0.0540. The van der Waals surface area contributed by atoms with Crippen molar-refractivity contribution >= 4 is 33.2 Å². The molecule has 0 bridgehead atoms. The van der Waals surface area contributed by atoms with Crippen LogP contribution in [-0.2, 0) is 5.54 Å². The number of hydrogen-bond donors (Lipinski definition) is 1. The van der Waals surface area contributed by atoms with E-state index in [1.165, 1.54) is 11.3 Å². The molecule has 0 saturated heterocycles. The van der Waals surface area contributed by atoms with Gasteiger partial charge in [0, 0.05) is 11.6 Å². The fourth-order valence-corrected chi connectivity index (χ4v) is 2.67. The predicted molar refractivity (Wildman–Crippen MR) is 73.6 cm³/mol. The zero-order chi connectivity index (χ0) is 13.2. The third kappa shape index (κ3) is 2.64. The smallest absolute Gasteiger partial charge is 0.287 e. The number of aromatic nitrogens is 1. The molecule has 4 nitrogen and oxygen atoms in total. The van der Waals surface area contributed by atoms with Gasteiger partial charge in [0.25, 0.3) is 5.91 Å². The van der Waals surface area contributed by atoms with Gasteiger partial charge in [-0.2, -0.15) is 0 Å². The summed E-state index contributed by atoms with van der Waals surface area (Å²) in [6, 6.07) is 3.33. The van der Waals surface area contributed by atoms with Crippen LogP contribution in [0.25, 0.3) is 0 Å². The molecule has 18 heavy (non-hydrogen) atoms. The minimum atomic E-state index is -0.468. The van der Waals surface area contributed by atoms with Gasteiger partial charge in [0.2, 0.25) is 0 Å². The lowest BCUT2D eigenvalue weighted by atomic mass is 10.00. The van der Waals surface area contributed by atoms with Gasteiger partial charge in [-0.15, -0.1) is 11.3 Å². The number of rotatable bonds is 4. The maximum absolute atomic E-state index is 12.1. The molecule has 1 atom stereocenters. The highest BCUT2D eigenvalue weighted by molar-refractivity contribution is 9.10. The highest BCUT2D eigenvalue weighted by atomic mass is 79.9. The standard InChI is InChI=1S/C12H13BrN2O2S/c1-3-12(2,11-14-6-7-18-11)15-10(16)8-4-5-9(13)17-8/h4-7H,3H2,1-2H3,(H,15,16). The first kappa shape index (κ1) is 13.3. The van der Waals surface area contributed by atoms with E-state index in [4.69, 9.17) is 4.42 Å². The number of halogens is 1. The molecule has 0 fully saturated rings. The van der Waals surface area contributed by atoms with Gasteiger partial charge in [0.1, 0.15) is 5.01 Å². The Balaban J connectivity index is 2.19. The van der Waals surface area contributed by atoms with Crippen molar-refractivity contribution in [2.24, 2.45) is 0 Å². The minimum Gasteiger partial charge on any atom is -0.444 e. The van der Waals surface area contributed by atoms with Gasteiger partial charge in [-0.25, -0.2) is 4.98 Å². The Kier molecular flexibility index (Phi) is 3.87. The molecule has 1 unspecified atom stereocenters. The molecule has 0 aliphatic carbocycles. The maximum atomic E-state index is 12.1. The fourth-order valence-electron chi connectivity index (χ4n) is 1.54. The largest absolute Gasteiger partial charge is 0.444 e. The summed E-state index contributed by atoms with van der Waals surface area (Å²) in [5.41, 5.74) is -0.468. The van der Waals surface area contributed by atoms with Gasteiger partial charge in [-0.3, -0.25) is 4.79 Å². The van der Waals surface area contributed by atoms with Crippen LogP contribution in [0.3, 0.4) is 0 Å². The summed E-state index contributed by atoms with van der Waals surface area (Å²) in [7, 11) is 0. The average molecular weight is 329 g/mol. The molecule has 0 radical (unpaired) electrons. The third-order valence-corrected chi connectivity index (χ3v) is 4.26. The van der Waals surface area contributed by atoms with E-state index in [0.717, 1.165) is 11.4 Å². The molecule has 2 aromatic heterocycles. The number of nitrogens with zero attached hydrogens (tertiary/aromatic N) is 1. The molecule has 0 aliphatic rings. The van der Waals surface area contributed by atoms with Crippen molar-refractivity contribution in [2.75, 3.05) is 0 Å². The number of amides is 1. The summed E-state index contributed by atoms with van der Waals surface area (Å²) < 4.78 is 5.78. The molecule has 96 valence electrons. The Hall–Kier alpha value is -1.14. The molecule has 2 heterocycles. The summed E-state index contributed by atoms with van der Waals surface area (Å²) >= 11 is 4.71. The van der Waals surface area contributed by atoms with E-state index in [-0.39, 0.29) is 11.7 Å². The van der Waals surface area contributed by atoms with E-state index in [0.29, 0.717) is 4.67 Å². The molecule has 0 aromatic carbocycles. The summed E-state index contributed by atoms with van der Waals surface area (Å²) in [6.07, 6.45) is 2.50. The van der Waals surface area contributed by atoms with E-state index in [1.807, 2.05) is 19.2 Å². The molecule has 6 heteroatoms. The Morgan fingerprint density at radius 3 is 2.89 bits per heavy atom. The van der Waals surface area contributed by atoms with Crippen LogP contribution in [0.2, 0.25) is 0 Å². The quantitative estimate of drug-likeness (QED) is 0.933. The Labute approximate surface area is 118 Å². The molecular weight excluding hydrogens is 316 g/mol. The second-order valence-corrected chi connectivity index (χ2v) is 5.76. The van der Waals surface area contributed by atoms with Crippen molar-refractivity contribution in [1.82, 2.24) is 10.3 Å². The third-order valence-electron chi connectivity index (χ3n) is 2.80. The van der Waals surface area contributed by atoms with Gasteiger partial charge in [-0.1, -0.05) is 6.92 Å². The van der Waals surface area contributed by atoms with E-state index in [9.17, 15) is 4.79 Å². The van der Waals surface area contributed by atoms with Crippen molar-refractivity contribution in [1.29, 1.82) is 0 Å². The monoisotopic (exact) mass is 328 g/mol. The average Bonchev–Trinajstić information content (AvgIpc) is 2.99. The lowest BCUT2D eigenvalue weighted by Crippen LogP contribution is -2.42. The lowest BCUT2D eigenvalue weighted by molar-refractivity contribution is 0.0872. The number of carbonyl (C=O) groups excluding carboxylic acids is 1.